The summed E-state index contributed by atoms with van der Waals surface area (Å²) >= 11 is 0. The number of rotatable bonds is 1. The molecule has 2 heterocycles. The van der Waals surface area contributed by atoms with E-state index in [0.29, 0.717) is 0 Å². The fourth-order valence-corrected chi connectivity index (χ4v) is 1.05. The third-order valence-electron chi connectivity index (χ3n) is 1.62. The van der Waals surface area contributed by atoms with E-state index in [4.69, 9.17) is 0 Å². The van der Waals surface area contributed by atoms with Crippen LogP contribution >= 0.6 is 0 Å². The van der Waals surface area contributed by atoms with Crippen molar-refractivity contribution in [1.82, 2.24) is 4.98 Å². The van der Waals surface area contributed by atoms with Crippen LogP contribution in [0.15, 0.2) is 18.3 Å². The lowest BCUT2D eigenvalue weighted by Gasteiger charge is -2.19. The molecule has 2 bridgehead atoms. The lowest BCUT2D eigenvalue weighted by atomic mass is 9.87. The van der Waals surface area contributed by atoms with E-state index >= 15 is 0 Å². The molecule has 0 aromatic carbocycles. The van der Waals surface area contributed by atoms with E-state index in [0.717, 1.165) is 17.5 Å². The van der Waals surface area contributed by atoms with Gasteiger partial charge in [0, 0.05) is 6.20 Å². The molecular formula is C7H5NO. The first kappa shape index (κ1) is 4.68. The highest BCUT2D eigenvalue weighted by atomic mass is 16.1. The molecule has 44 valence electrons. The van der Waals surface area contributed by atoms with Gasteiger partial charge in [-0.1, -0.05) is 0 Å². The lowest BCUT2D eigenvalue weighted by Crippen LogP contribution is -2.13. The van der Waals surface area contributed by atoms with Crippen LogP contribution in [-0.2, 0) is 4.79 Å². The van der Waals surface area contributed by atoms with Crippen LogP contribution in [-0.4, -0.2) is 11.3 Å². The summed E-state index contributed by atoms with van der Waals surface area (Å²) in [4.78, 5) is 14.2. The van der Waals surface area contributed by atoms with Crippen molar-refractivity contribution in [2.45, 2.75) is 5.92 Å². The Morgan fingerprint density at radius 3 is 2.89 bits per heavy atom. The van der Waals surface area contributed by atoms with E-state index in [1.165, 1.54) is 0 Å². The fourth-order valence-electron chi connectivity index (χ4n) is 1.05. The Balaban J connectivity index is 2.52. The summed E-state index contributed by atoms with van der Waals surface area (Å²) in [6, 6.07) is 3.80. The molecule has 9 heavy (non-hydrogen) atoms. The molecule has 0 fully saturated rings. The van der Waals surface area contributed by atoms with Crippen LogP contribution in [0.25, 0.3) is 0 Å². The number of carbonyl (C=O) groups excluding carboxylic acids is 1. The third-order valence-corrected chi connectivity index (χ3v) is 1.62. The molecule has 1 aromatic rings. The van der Waals surface area contributed by atoms with Crippen LogP contribution in [0.4, 0.5) is 0 Å². The molecule has 0 saturated carbocycles. The van der Waals surface area contributed by atoms with Crippen molar-refractivity contribution < 1.29 is 4.79 Å². The van der Waals surface area contributed by atoms with Crippen molar-refractivity contribution in [3.63, 3.8) is 0 Å². The van der Waals surface area contributed by atoms with Gasteiger partial charge in [0.2, 0.25) is 0 Å². The zero-order valence-electron chi connectivity index (χ0n) is 4.74. The molecular weight excluding hydrogens is 114 g/mol. The van der Waals surface area contributed by atoms with Gasteiger partial charge in [-0.05, 0) is 17.7 Å². The summed E-state index contributed by atoms with van der Waals surface area (Å²) in [5.74, 6) is -0.00463. The van der Waals surface area contributed by atoms with E-state index < -0.39 is 0 Å². The topological polar surface area (TPSA) is 30.0 Å². The van der Waals surface area contributed by atoms with E-state index in [9.17, 15) is 4.79 Å². The summed E-state index contributed by atoms with van der Waals surface area (Å²) in [5.41, 5.74) is 2.00. The standard InChI is InChI=1S/C7H5NO/c9-4-6-5-1-2-8-7(6)3-5/h1-4,6H. The van der Waals surface area contributed by atoms with Gasteiger partial charge < -0.3 is 4.79 Å². The minimum Gasteiger partial charge on any atom is -0.302 e. The molecule has 0 saturated heterocycles. The summed E-state index contributed by atoms with van der Waals surface area (Å²) in [7, 11) is 0. The molecule has 1 aliphatic carbocycles. The molecule has 0 amide bonds. The van der Waals surface area contributed by atoms with E-state index in [1.54, 1.807) is 6.20 Å². The van der Waals surface area contributed by atoms with Gasteiger partial charge in [-0.25, -0.2) is 0 Å². The van der Waals surface area contributed by atoms with Crippen molar-refractivity contribution >= 4 is 6.29 Å². The van der Waals surface area contributed by atoms with Crippen LogP contribution in [0.2, 0.25) is 0 Å². The van der Waals surface area contributed by atoms with Crippen molar-refractivity contribution in [2.75, 3.05) is 0 Å². The Labute approximate surface area is 52.5 Å². The van der Waals surface area contributed by atoms with E-state index in [1.807, 2.05) is 12.1 Å². The maximum atomic E-state index is 10.2. The average molecular weight is 119 g/mol. The van der Waals surface area contributed by atoms with Gasteiger partial charge >= 0.3 is 0 Å². The number of aromatic nitrogens is 1. The van der Waals surface area contributed by atoms with Crippen molar-refractivity contribution in [3.8, 4) is 0 Å². The first-order chi connectivity index (χ1) is 4.42. The van der Waals surface area contributed by atoms with Crippen LogP contribution in [0.5, 0.6) is 0 Å². The first-order valence-corrected chi connectivity index (χ1v) is 2.83. The fraction of sp³-hybridized carbons (Fsp3) is 0.143. The second-order valence-corrected chi connectivity index (χ2v) is 2.13. The van der Waals surface area contributed by atoms with Gasteiger partial charge in [0.15, 0.2) is 0 Å². The smallest absolute Gasteiger partial charge is 0.133 e. The van der Waals surface area contributed by atoms with Gasteiger partial charge in [-0.15, -0.1) is 0 Å². The highest BCUT2D eigenvalue weighted by Gasteiger charge is 2.23. The number of aldehydes is 1. The minimum atomic E-state index is -0.00463. The predicted octanol–water partition coefficient (Wildman–Crippen LogP) is 0.726. The van der Waals surface area contributed by atoms with E-state index in [2.05, 4.69) is 4.98 Å². The Hall–Kier alpha value is -1.18. The van der Waals surface area contributed by atoms with Crippen molar-refractivity contribution in [2.24, 2.45) is 0 Å². The molecule has 0 spiro atoms. The van der Waals surface area contributed by atoms with Crippen LogP contribution in [0, 0.1) is 0 Å². The Morgan fingerprint density at radius 1 is 1.67 bits per heavy atom. The van der Waals surface area contributed by atoms with Crippen LogP contribution < -0.4 is 0 Å². The average Bonchev–Trinajstić information content (AvgIpc) is 1.90. The van der Waals surface area contributed by atoms with Gasteiger partial charge in [0.1, 0.15) is 6.29 Å². The maximum Gasteiger partial charge on any atom is 0.133 e. The van der Waals surface area contributed by atoms with Gasteiger partial charge in [-0.2, -0.15) is 0 Å². The zero-order chi connectivity index (χ0) is 6.27. The SMILES string of the molecule is O=CC1c2ccnc1c2. The van der Waals surface area contributed by atoms with Gasteiger partial charge in [0.05, 0.1) is 11.6 Å². The first-order valence-electron chi connectivity index (χ1n) is 2.83. The number of pyridine rings is 1. The predicted molar refractivity (Wildman–Crippen MR) is 32.1 cm³/mol. The molecule has 1 atom stereocenters. The third kappa shape index (κ3) is 0.447. The second kappa shape index (κ2) is 1.41. The monoisotopic (exact) mass is 119 g/mol. The van der Waals surface area contributed by atoms with Gasteiger partial charge in [0.25, 0.3) is 0 Å². The van der Waals surface area contributed by atoms with Crippen LogP contribution in [0.3, 0.4) is 0 Å². The number of nitrogens with zero attached hydrogens (tertiary/aromatic N) is 1. The Kier molecular flexibility index (Phi) is 0.730. The molecule has 3 rings (SSSR count). The number of hydrogen-bond donors (Lipinski definition) is 0. The summed E-state index contributed by atoms with van der Waals surface area (Å²) < 4.78 is 0. The number of hydrogen-bond acceptors (Lipinski definition) is 2. The molecule has 0 radical (unpaired) electrons. The Morgan fingerprint density at radius 2 is 2.56 bits per heavy atom. The largest absolute Gasteiger partial charge is 0.302 e. The molecule has 2 nitrogen and oxygen atoms in total. The molecule has 1 aliphatic heterocycles. The highest BCUT2D eigenvalue weighted by Crippen LogP contribution is 2.30. The minimum absolute atomic E-state index is 0.00463. The zero-order valence-corrected chi connectivity index (χ0v) is 4.74. The summed E-state index contributed by atoms with van der Waals surface area (Å²) in [6.45, 7) is 0. The number of carbonyl (C=O) groups is 1. The highest BCUT2D eigenvalue weighted by molar-refractivity contribution is 5.71. The summed E-state index contributed by atoms with van der Waals surface area (Å²) in [6.07, 6.45) is 2.66. The molecule has 1 aromatic heterocycles. The number of fused-ring (bicyclic) bond motifs is 2. The van der Waals surface area contributed by atoms with Gasteiger partial charge in [-0.3, -0.25) is 4.98 Å². The molecule has 1 unspecified atom stereocenters. The quantitative estimate of drug-likeness (QED) is 0.510. The van der Waals surface area contributed by atoms with Crippen molar-refractivity contribution in [3.05, 3.63) is 29.6 Å². The molecule has 2 heteroatoms. The normalized spacial score (nSPS) is 20.7. The Bertz CT molecular complexity index is 230. The van der Waals surface area contributed by atoms with Crippen LogP contribution in [0.1, 0.15) is 17.2 Å². The summed E-state index contributed by atoms with van der Waals surface area (Å²) in [5, 5.41) is 0. The molecule has 0 N–H and O–H groups in total. The molecule has 2 aliphatic rings. The maximum absolute atomic E-state index is 10.2. The lowest BCUT2D eigenvalue weighted by molar-refractivity contribution is -0.108. The van der Waals surface area contributed by atoms with E-state index in [-0.39, 0.29) is 5.92 Å². The van der Waals surface area contributed by atoms with Crippen molar-refractivity contribution in [1.29, 1.82) is 0 Å². The second-order valence-electron chi connectivity index (χ2n) is 2.13.